The largest absolute Gasteiger partial charge is 0.478 e. The van der Waals surface area contributed by atoms with E-state index in [1.54, 1.807) is 23.1 Å². The van der Waals surface area contributed by atoms with Gasteiger partial charge in [-0.25, -0.2) is 4.79 Å². The van der Waals surface area contributed by atoms with Crippen molar-refractivity contribution in [2.24, 2.45) is 0 Å². The van der Waals surface area contributed by atoms with Crippen LogP contribution in [-0.2, 0) is 11.2 Å². The number of rotatable bonds is 5. The third kappa shape index (κ3) is 3.08. The fourth-order valence-electron chi connectivity index (χ4n) is 4.04. The number of thioether (sulfide) groups is 1. The molecule has 6 heteroatoms. The van der Waals surface area contributed by atoms with Crippen molar-refractivity contribution in [3.63, 3.8) is 0 Å². The molecule has 0 radical (unpaired) electrons. The van der Waals surface area contributed by atoms with Gasteiger partial charge in [-0.1, -0.05) is 25.1 Å². The monoisotopic (exact) mass is 407 g/mol. The molecule has 1 amide bonds. The van der Waals surface area contributed by atoms with Crippen LogP contribution in [0.15, 0.2) is 47.4 Å². The number of carboxylic acid groups (broad SMARTS) is 1. The molecule has 2 aromatic carbocycles. The number of hydrogen-bond acceptors (Lipinski definition) is 4. The van der Waals surface area contributed by atoms with Gasteiger partial charge in [-0.15, -0.1) is 11.8 Å². The molecular formula is C23H21NO4S. The van der Waals surface area contributed by atoms with Gasteiger partial charge in [-0.05, 0) is 55.7 Å². The van der Waals surface area contributed by atoms with Crippen molar-refractivity contribution in [1.29, 1.82) is 0 Å². The van der Waals surface area contributed by atoms with Gasteiger partial charge < -0.3 is 5.11 Å². The maximum Gasteiger partial charge on any atom is 0.336 e. The Balaban J connectivity index is 1.79. The van der Waals surface area contributed by atoms with Gasteiger partial charge in [-0.2, -0.15) is 0 Å². The molecule has 4 rings (SSSR count). The standard InChI is InChI=1S/C23H21NO4S/c1-4-13-9-16-14(12-29-18-8-6-5-7-15(18)22(27)28)11-23(2,3)24-19(16)17(10-13)20(25)21(24)26/h5-11H,4,12H2,1-3H3,(H,27,28). The quantitative estimate of drug-likeness (QED) is 0.586. The van der Waals surface area contributed by atoms with Gasteiger partial charge in [0.2, 0.25) is 0 Å². The maximum atomic E-state index is 12.7. The van der Waals surface area contributed by atoms with Crippen molar-refractivity contribution < 1.29 is 19.5 Å². The molecule has 29 heavy (non-hydrogen) atoms. The molecule has 0 aromatic heterocycles. The minimum Gasteiger partial charge on any atom is -0.478 e. The summed E-state index contributed by atoms with van der Waals surface area (Å²) >= 11 is 1.45. The number of benzene rings is 2. The first kappa shape index (κ1) is 19.5. The van der Waals surface area contributed by atoms with Crippen molar-refractivity contribution in [3.05, 3.63) is 64.7 Å². The molecule has 0 atom stereocenters. The lowest BCUT2D eigenvalue weighted by Crippen LogP contribution is -2.47. The van der Waals surface area contributed by atoms with E-state index in [2.05, 4.69) is 0 Å². The summed E-state index contributed by atoms with van der Waals surface area (Å²) in [6.07, 6.45) is 2.78. The molecule has 0 unspecified atom stereocenters. The predicted octanol–water partition coefficient (Wildman–Crippen LogP) is 4.44. The minimum absolute atomic E-state index is 0.271. The van der Waals surface area contributed by atoms with Gasteiger partial charge in [0.05, 0.1) is 22.4 Å². The van der Waals surface area contributed by atoms with Crippen LogP contribution >= 0.6 is 11.8 Å². The molecule has 0 saturated heterocycles. The first-order chi connectivity index (χ1) is 13.7. The second-order valence-electron chi connectivity index (χ2n) is 7.78. The molecule has 1 N–H and O–H groups in total. The zero-order valence-corrected chi connectivity index (χ0v) is 17.3. The van der Waals surface area contributed by atoms with E-state index in [1.165, 1.54) is 11.8 Å². The average Bonchev–Trinajstić information content (AvgIpc) is 2.95. The Bertz CT molecular complexity index is 1100. The van der Waals surface area contributed by atoms with Crippen LogP contribution in [0, 0.1) is 0 Å². The van der Waals surface area contributed by atoms with E-state index in [4.69, 9.17) is 0 Å². The third-order valence-electron chi connectivity index (χ3n) is 5.39. The number of nitrogens with zero attached hydrogens (tertiary/aromatic N) is 1. The molecule has 2 aliphatic heterocycles. The molecule has 2 heterocycles. The van der Waals surface area contributed by atoms with Gasteiger partial charge in [0.1, 0.15) is 0 Å². The number of Topliss-reactive ketones (excluding diaryl/α,β-unsaturated/α-hetero) is 1. The summed E-state index contributed by atoms with van der Waals surface area (Å²) in [6, 6.07) is 10.8. The van der Waals surface area contributed by atoms with Crippen LogP contribution in [0.25, 0.3) is 5.57 Å². The molecule has 0 saturated carbocycles. The van der Waals surface area contributed by atoms with Crippen LogP contribution in [0.1, 0.15) is 52.6 Å². The number of aromatic carboxylic acids is 1. The van der Waals surface area contributed by atoms with Crippen LogP contribution in [-0.4, -0.2) is 34.1 Å². The Morgan fingerprint density at radius 3 is 2.52 bits per heavy atom. The predicted molar refractivity (Wildman–Crippen MR) is 114 cm³/mol. The Morgan fingerprint density at radius 2 is 1.83 bits per heavy atom. The topological polar surface area (TPSA) is 74.7 Å². The first-order valence-electron chi connectivity index (χ1n) is 9.47. The Labute approximate surface area is 173 Å². The number of hydrogen-bond donors (Lipinski definition) is 1. The normalized spacial score (nSPS) is 16.7. The number of carboxylic acids is 1. The molecule has 0 fully saturated rings. The summed E-state index contributed by atoms with van der Waals surface area (Å²) in [4.78, 5) is 39.1. The van der Waals surface area contributed by atoms with E-state index < -0.39 is 23.2 Å². The Kier molecular flexibility index (Phi) is 4.62. The number of anilines is 1. The highest BCUT2D eigenvalue weighted by molar-refractivity contribution is 7.99. The number of ketones is 1. The summed E-state index contributed by atoms with van der Waals surface area (Å²) in [7, 11) is 0. The Morgan fingerprint density at radius 1 is 1.14 bits per heavy atom. The van der Waals surface area contributed by atoms with Gasteiger partial charge in [0.25, 0.3) is 11.7 Å². The summed E-state index contributed by atoms with van der Waals surface area (Å²) < 4.78 is 0. The molecule has 0 bridgehead atoms. The number of aryl methyl sites for hydroxylation is 1. The van der Waals surface area contributed by atoms with Crippen LogP contribution in [0.2, 0.25) is 0 Å². The minimum atomic E-state index is -0.956. The highest BCUT2D eigenvalue weighted by Gasteiger charge is 2.47. The smallest absolute Gasteiger partial charge is 0.336 e. The van der Waals surface area contributed by atoms with E-state index >= 15 is 0 Å². The number of carbonyl (C=O) groups excluding carboxylic acids is 2. The number of carbonyl (C=O) groups is 3. The highest BCUT2D eigenvalue weighted by atomic mass is 32.2. The SMILES string of the molecule is CCc1cc2c3c(c1)C(CSc1ccccc1C(=O)O)=CC(C)(C)N3C(=O)C2=O. The molecule has 2 aliphatic rings. The van der Waals surface area contributed by atoms with Crippen LogP contribution in [0.4, 0.5) is 5.69 Å². The molecule has 0 aliphatic carbocycles. The van der Waals surface area contributed by atoms with E-state index in [1.807, 2.05) is 45.0 Å². The van der Waals surface area contributed by atoms with Gasteiger partial charge in [0, 0.05) is 16.2 Å². The zero-order valence-electron chi connectivity index (χ0n) is 16.5. The first-order valence-corrected chi connectivity index (χ1v) is 10.5. The molecule has 2 aromatic rings. The molecule has 5 nitrogen and oxygen atoms in total. The lowest BCUT2D eigenvalue weighted by Gasteiger charge is -2.39. The maximum absolute atomic E-state index is 12.7. The summed E-state index contributed by atoms with van der Waals surface area (Å²) in [5.41, 5.74) is 3.69. The second-order valence-corrected chi connectivity index (χ2v) is 8.79. The molecule has 148 valence electrons. The van der Waals surface area contributed by atoms with Crippen molar-refractivity contribution in [3.8, 4) is 0 Å². The van der Waals surface area contributed by atoms with E-state index in [-0.39, 0.29) is 5.56 Å². The van der Waals surface area contributed by atoms with Gasteiger partial charge in [0.15, 0.2) is 0 Å². The fourth-order valence-corrected chi connectivity index (χ4v) is 5.07. The van der Waals surface area contributed by atoms with Crippen molar-refractivity contribution >= 4 is 40.7 Å². The van der Waals surface area contributed by atoms with Crippen LogP contribution in [0.3, 0.4) is 0 Å². The Hall–Kier alpha value is -2.86. The molecular weight excluding hydrogens is 386 g/mol. The highest BCUT2D eigenvalue weighted by Crippen LogP contribution is 2.47. The summed E-state index contributed by atoms with van der Waals surface area (Å²) in [5, 5.41) is 9.44. The van der Waals surface area contributed by atoms with E-state index in [9.17, 15) is 19.5 Å². The van der Waals surface area contributed by atoms with Crippen LogP contribution in [0.5, 0.6) is 0 Å². The average molecular weight is 407 g/mol. The summed E-state index contributed by atoms with van der Waals surface area (Å²) in [6.45, 7) is 5.85. The lowest BCUT2D eigenvalue weighted by atomic mass is 9.87. The van der Waals surface area contributed by atoms with Crippen molar-refractivity contribution in [1.82, 2.24) is 0 Å². The lowest BCUT2D eigenvalue weighted by molar-refractivity contribution is -0.115. The van der Waals surface area contributed by atoms with Crippen molar-refractivity contribution in [2.45, 2.75) is 37.6 Å². The van der Waals surface area contributed by atoms with E-state index in [0.717, 1.165) is 23.1 Å². The van der Waals surface area contributed by atoms with E-state index in [0.29, 0.717) is 21.9 Å². The van der Waals surface area contributed by atoms with Gasteiger partial charge in [-0.3, -0.25) is 14.5 Å². The number of amides is 1. The van der Waals surface area contributed by atoms with Crippen LogP contribution < -0.4 is 4.90 Å². The molecule has 0 spiro atoms. The third-order valence-corrected chi connectivity index (χ3v) is 6.52. The second kappa shape index (κ2) is 6.88. The zero-order chi connectivity index (χ0) is 20.9. The van der Waals surface area contributed by atoms with Gasteiger partial charge >= 0.3 is 5.97 Å². The fraction of sp³-hybridized carbons (Fsp3) is 0.261. The summed E-state index contributed by atoms with van der Waals surface area (Å²) in [5.74, 6) is -1.35. The van der Waals surface area contributed by atoms with Crippen molar-refractivity contribution in [2.75, 3.05) is 10.7 Å².